The minimum absolute atomic E-state index is 0.0113. The van der Waals surface area contributed by atoms with Crippen molar-refractivity contribution in [3.63, 3.8) is 0 Å². The van der Waals surface area contributed by atoms with E-state index in [0.717, 1.165) is 0 Å². The van der Waals surface area contributed by atoms with Gasteiger partial charge in [-0.15, -0.1) is 0 Å². The van der Waals surface area contributed by atoms with E-state index in [0.29, 0.717) is 0 Å². The van der Waals surface area contributed by atoms with E-state index in [1.54, 1.807) is 6.92 Å². The van der Waals surface area contributed by atoms with Gasteiger partial charge in [-0.2, -0.15) is 0 Å². The molecule has 0 aliphatic heterocycles. The number of phenolic OH excluding ortho intramolecular Hbond substituents is 1. The van der Waals surface area contributed by atoms with E-state index in [4.69, 9.17) is 22.4 Å². The van der Waals surface area contributed by atoms with Crippen LogP contribution in [0.25, 0.3) is 0 Å². The predicted molar refractivity (Wildman–Crippen MR) is 51.7 cm³/mol. The van der Waals surface area contributed by atoms with Crippen LogP contribution in [0.15, 0.2) is 12.1 Å². The third-order valence-electron chi connectivity index (χ3n) is 1.91. The summed E-state index contributed by atoms with van der Waals surface area (Å²) in [7, 11) is 0. The van der Waals surface area contributed by atoms with Crippen LogP contribution in [0.5, 0.6) is 5.75 Å². The Hall–Kier alpha value is -0.840. The van der Waals surface area contributed by atoms with Crippen molar-refractivity contribution in [1.29, 1.82) is 0 Å². The number of phenols is 1. The molecule has 0 aromatic heterocycles. The summed E-state index contributed by atoms with van der Waals surface area (Å²) in [5.41, 5.74) is 5.39. The molecule has 4 N–H and O–H groups in total. The second-order valence-electron chi connectivity index (χ2n) is 3.11. The van der Waals surface area contributed by atoms with E-state index in [1.165, 1.54) is 12.1 Å². The first-order valence-electron chi connectivity index (χ1n) is 4.05. The molecule has 0 saturated heterocycles. The Balaban J connectivity index is 3.17. The van der Waals surface area contributed by atoms with Crippen molar-refractivity contribution in [2.75, 3.05) is 0 Å². The highest BCUT2D eigenvalue weighted by molar-refractivity contribution is 6.32. The highest BCUT2D eigenvalue weighted by Crippen LogP contribution is 2.31. The Labute approximate surface area is 85.9 Å². The van der Waals surface area contributed by atoms with E-state index >= 15 is 0 Å². The number of nitrogens with two attached hydrogens (primary N) is 1. The fourth-order valence-electron chi connectivity index (χ4n) is 1.07. The molecule has 14 heavy (non-hydrogen) atoms. The summed E-state index contributed by atoms with van der Waals surface area (Å²) in [6.45, 7) is 1.55. The van der Waals surface area contributed by atoms with Gasteiger partial charge in [0, 0.05) is 11.6 Å². The van der Waals surface area contributed by atoms with Gasteiger partial charge in [-0.1, -0.05) is 11.6 Å². The average molecular weight is 220 g/mol. The summed E-state index contributed by atoms with van der Waals surface area (Å²) in [4.78, 5) is 0. The van der Waals surface area contributed by atoms with Gasteiger partial charge in [-0.25, -0.2) is 4.39 Å². The standard InChI is InChI=1S/C9H11ClFNO2/c1-4(12)9(14)5-2-3-6(13)7(10)8(5)11/h2-4,9,13-14H,12H2,1H3. The van der Waals surface area contributed by atoms with Gasteiger partial charge in [0.2, 0.25) is 0 Å². The first-order valence-corrected chi connectivity index (χ1v) is 4.43. The smallest absolute Gasteiger partial charge is 0.151 e. The summed E-state index contributed by atoms with van der Waals surface area (Å²) in [6.07, 6.45) is -1.13. The molecule has 0 radical (unpaired) electrons. The van der Waals surface area contributed by atoms with Crippen LogP contribution in [-0.2, 0) is 0 Å². The molecule has 3 nitrogen and oxygen atoms in total. The fourth-order valence-corrected chi connectivity index (χ4v) is 1.24. The van der Waals surface area contributed by atoms with Gasteiger partial charge in [0.25, 0.3) is 0 Å². The van der Waals surface area contributed by atoms with Gasteiger partial charge < -0.3 is 15.9 Å². The number of aromatic hydroxyl groups is 1. The van der Waals surface area contributed by atoms with Crippen LogP contribution in [0.3, 0.4) is 0 Å². The number of hydrogen-bond donors (Lipinski definition) is 3. The molecule has 0 bridgehead atoms. The fraction of sp³-hybridized carbons (Fsp3) is 0.333. The maximum atomic E-state index is 13.4. The molecule has 1 aromatic carbocycles. The molecule has 0 aliphatic carbocycles. The second-order valence-corrected chi connectivity index (χ2v) is 3.48. The maximum absolute atomic E-state index is 13.4. The minimum Gasteiger partial charge on any atom is -0.506 e. The van der Waals surface area contributed by atoms with Crippen molar-refractivity contribution in [3.8, 4) is 5.75 Å². The van der Waals surface area contributed by atoms with E-state index in [9.17, 15) is 9.50 Å². The van der Waals surface area contributed by atoms with Crippen LogP contribution in [0.4, 0.5) is 4.39 Å². The van der Waals surface area contributed by atoms with Crippen LogP contribution in [0.1, 0.15) is 18.6 Å². The summed E-state index contributed by atoms with van der Waals surface area (Å²) in [6, 6.07) is 1.86. The SMILES string of the molecule is CC(N)C(O)c1ccc(O)c(Cl)c1F. The normalized spacial score (nSPS) is 15.2. The van der Waals surface area contributed by atoms with Crippen LogP contribution in [-0.4, -0.2) is 16.3 Å². The zero-order valence-electron chi connectivity index (χ0n) is 7.54. The Morgan fingerprint density at radius 1 is 1.50 bits per heavy atom. The van der Waals surface area contributed by atoms with E-state index in [1.807, 2.05) is 0 Å². The molecule has 0 fully saturated rings. The lowest BCUT2D eigenvalue weighted by Crippen LogP contribution is -2.25. The van der Waals surface area contributed by atoms with E-state index in [-0.39, 0.29) is 11.3 Å². The number of aliphatic hydroxyl groups excluding tert-OH is 1. The van der Waals surface area contributed by atoms with Gasteiger partial charge in [0.1, 0.15) is 10.8 Å². The van der Waals surface area contributed by atoms with Crippen LogP contribution >= 0.6 is 11.6 Å². The Morgan fingerprint density at radius 2 is 2.07 bits per heavy atom. The molecule has 2 atom stereocenters. The lowest BCUT2D eigenvalue weighted by molar-refractivity contribution is 0.149. The molecular weight excluding hydrogens is 209 g/mol. The quantitative estimate of drug-likeness (QED) is 0.707. The van der Waals surface area contributed by atoms with Crippen LogP contribution < -0.4 is 5.73 Å². The Morgan fingerprint density at radius 3 is 2.57 bits per heavy atom. The second kappa shape index (κ2) is 4.13. The third-order valence-corrected chi connectivity index (χ3v) is 2.27. The van der Waals surface area contributed by atoms with Crippen molar-refractivity contribution >= 4 is 11.6 Å². The molecule has 0 aliphatic rings. The largest absolute Gasteiger partial charge is 0.506 e. The third kappa shape index (κ3) is 1.97. The number of benzene rings is 1. The lowest BCUT2D eigenvalue weighted by Gasteiger charge is -2.16. The summed E-state index contributed by atoms with van der Waals surface area (Å²) < 4.78 is 13.4. The highest BCUT2D eigenvalue weighted by atomic mass is 35.5. The molecule has 1 aromatic rings. The van der Waals surface area contributed by atoms with Crippen molar-refractivity contribution in [2.24, 2.45) is 5.73 Å². The van der Waals surface area contributed by atoms with E-state index < -0.39 is 23.0 Å². The van der Waals surface area contributed by atoms with Crippen molar-refractivity contribution in [3.05, 3.63) is 28.5 Å². The van der Waals surface area contributed by atoms with Gasteiger partial charge >= 0.3 is 0 Å². The maximum Gasteiger partial charge on any atom is 0.151 e. The molecule has 78 valence electrons. The molecular formula is C9H11ClFNO2. The Kier molecular flexibility index (Phi) is 3.31. The van der Waals surface area contributed by atoms with Gasteiger partial charge in [0.05, 0.1) is 6.10 Å². The highest BCUT2D eigenvalue weighted by Gasteiger charge is 2.20. The molecule has 0 heterocycles. The first-order chi connectivity index (χ1) is 6.45. The van der Waals surface area contributed by atoms with Crippen LogP contribution in [0.2, 0.25) is 5.02 Å². The molecule has 0 amide bonds. The number of aliphatic hydroxyl groups is 1. The van der Waals surface area contributed by atoms with Crippen molar-refractivity contribution < 1.29 is 14.6 Å². The molecule has 0 saturated carbocycles. The molecule has 2 unspecified atom stereocenters. The minimum atomic E-state index is -1.13. The average Bonchev–Trinajstić information content (AvgIpc) is 2.13. The first kappa shape index (κ1) is 11.2. The molecule has 5 heteroatoms. The van der Waals surface area contributed by atoms with E-state index in [2.05, 4.69) is 0 Å². The van der Waals surface area contributed by atoms with Gasteiger partial charge in [-0.3, -0.25) is 0 Å². The summed E-state index contributed by atoms with van der Waals surface area (Å²) in [5, 5.41) is 18.1. The Bertz CT molecular complexity index is 344. The van der Waals surface area contributed by atoms with Gasteiger partial charge in [0.15, 0.2) is 5.82 Å². The predicted octanol–water partition coefficient (Wildman–Crippen LogP) is 1.57. The topological polar surface area (TPSA) is 66.5 Å². The summed E-state index contributed by atoms with van der Waals surface area (Å²) in [5.74, 6) is -1.19. The van der Waals surface area contributed by atoms with Crippen molar-refractivity contribution in [2.45, 2.75) is 19.1 Å². The van der Waals surface area contributed by atoms with Crippen molar-refractivity contribution in [1.82, 2.24) is 0 Å². The lowest BCUT2D eigenvalue weighted by atomic mass is 10.0. The zero-order valence-corrected chi connectivity index (χ0v) is 8.29. The number of rotatable bonds is 2. The monoisotopic (exact) mass is 219 g/mol. The number of halogens is 2. The molecule has 1 rings (SSSR count). The van der Waals surface area contributed by atoms with Crippen LogP contribution in [0, 0.1) is 5.82 Å². The number of hydrogen-bond acceptors (Lipinski definition) is 3. The van der Waals surface area contributed by atoms with Gasteiger partial charge in [-0.05, 0) is 19.1 Å². The summed E-state index contributed by atoms with van der Waals surface area (Å²) >= 11 is 5.45. The zero-order chi connectivity index (χ0) is 10.9. The molecule has 0 spiro atoms.